The molecule has 106 valence electrons. The zero-order chi connectivity index (χ0) is 14.3. The number of Topliss-reactive ketones (excluding diaryl/α,β-unsaturated/α-hetero) is 1. The summed E-state index contributed by atoms with van der Waals surface area (Å²) in [6, 6.07) is 7.99. The van der Waals surface area contributed by atoms with E-state index in [0.29, 0.717) is 19.1 Å². The topological polar surface area (TPSA) is 29.5 Å². The van der Waals surface area contributed by atoms with E-state index in [9.17, 15) is 4.79 Å². The van der Waals surface area contributed by atoms with Crippen molar-refractivity contribution in [3.8, 4) is 0 Å². The smallest absolute Gasteiger partial charge is 0.165 e. The lowest BCUT2D eigenvalue weighted by atomic mass is 10.1. The third kappa shape index (κ3) is 5.43. The van der Waals surface area contributed by atoms with Crippen LogP contribution < -0.4 is 0 Å². The summed E-state index contributed by atoms with van der Waals surface area (Å²) in [4.78, 5) is 14.4. The number of methoxy groups -OCH3 is 1. The Bertz CT molecular complexity index is 407. The van der Waals surface area contributed by atoms with E-state index in [2.05, 4.69) is 34.7 Å². The zero-order valence-corrected chi connectivity index (χ0v) is 13.4. The van der Waals surface area contributed by atoms with Crippen molar-refractivity contribution in [2.75, 3.05) is 26.8 Å². The molecular formula is C15H22BrNO2. The Morgan fingerprint density at radius 3 is 2.58 bits per heavy atom. The van der Waals surface area contributed by atoms with Gasteiger partial charge in [0.25, 0.3) is 0 Å². The second-order valence-corrected chi connectivity index (χ2v) is 5.63. The van der Waals surface area contributed by atoms with Crippen molar-refractivity contribution in [1.29, 1.82) is 0 Å². The van der Waals surface area contributed by atoms with Crippen molar-refractivity contribution >= 4 is 21.7 Å². The third-order valence-electron chi connectivity index (χ3n) is 3.11. The molecule has 1 rings (SSSR count). The van der Waals surface area contributed by atoms with Crippen molar-refractivity contribution in [2.45, 2.75) is 26.3 Å². The molecule has 0 spiro atoms. The Labute approximate surface area is 124 Å². The number of nitrogens with zero attached hydrogens (tertiary/aromatic N) is 1. The predicted octanol–water partition coefficient (Wildman–Crippen LogP) is 3.38. The number of carbonyl (C=O) groups excluding carboxylic acids is 1. The highest BCUT2D eigenvalue weighted by Crippen LogP contribution is 2.17. The number of hydrogen-bond donors (Lipinski definition) is 0. The first kappa shape index (κ1) is 16.3. The maximum Gasteiger partial charge on any atom is 0.165 e. The summed E-state index contributed by atoms with van der Waals surface area (Å²) in [7, 11) is 1.70. The molecule has 0 heterocycles. The Hall–Kier alpha value is -0.710. The van der Waals surface area contributed by atoms with Crippen LogP contribution in [0.25, 0.3) is 0 Å². The molecule has 0 radical (unpaired) electrons. The fourth-order valence-electron chi connectivity index (χ4n) is 1.90. The molecule has 0 fully saturated rings. The van der Waals surface area contributed by atoms with E-state index in [0.717, 1.165) is 23.1 Å². The van der Waals surface area contributed by atoms with Gasteiger partial charge in [-0.25, -0.2) is 0 Å². The van der Waals surface area contributed by atoms with Crippen LogP contribution in [-0.2, 0) is 4.74 Å². The number of halogens is 1. The van der Waals surface area contributed by atoms with E-state index >= 15 is 0 Å². The molecule has 0 aromatic heterocycles. The fraction of sp³-hybridized carbons (Fsp3) is 0.533. The van der Waals surface area contributed by atoms with Gasteiger partial charge in [-0.15, -0.1) is 0 Å². The van der Waals surface area contributed by atoms with Gasteiger partial charge in [-0.05, 0) is 19.9 Å². The molecule has 1 aromatic carbocycles. The number of rotatable bonds is 8. The fourth-order valence-corrected chi connectivity index (χ4v) is 2.41. The molecule has 4 heteroatoms. The molecule has 0 unspecified atom stereocenters. The summed E-state index contributed by atoms with van der Waals surface area (Å²) in [6.07, 6.45) is 0.532. The third-order valence-corrected chi connectivity index (χ3v) is 3.80. The molecule has 0 aliphatic heterocycles. The summed E-state index contributed by atoms with van der Waals surface area (Å²) in [6.45, 7) is 6.59. The average molecular weight is 328 g/mol. The van der Waals surface area contributed by atoms with Crippen molar-refractivity contribution < 1.29 is 9.53 Å². The molecule has 0 aliphatic carbocycles. The van der Waals surface area contributed by atoms with Crippen LogP contribution in [0.4, 0.5) is 0 Å². The van der Waals surface area contributed by atoms with Gasteiger partial charge in [0, 0.05) is 42.7 Å². The molecule has 0 amide bonds. The number of hydrogen-bond acceptors (Lipinski definition) is 3. The van der Waals surface area contributed by atoms with Gasteiger partial charge in [-0.2, -0.15) is 0 Å². The van der Waals surface area contributed by atoms with Crippen LogP contribution in [0.3, 0.4) is 0 Å². The minimum Gasteiger partial charge on any atom is -0.383 e. The maximum atomic E-state index is 12.2. The zero-order valence-electron chi connectivity index (χ0n) is 11.9. The van der Waals surface area contributed by atoms with Crippen LogP contribution in [-0.4, -0.2) is 43.5 Å². The summed E-state index contributed by atoms with van der Waals surface area (Å²) in [5.41, 5.74) is 0.762. The first-order chi connectivity index (χ1) is 9.06. The molecule has 19 heavy (non-hydrogen) atoms. The van der Waals surface area contributed by atoms with Gasteiger partial charge in [-0.1, -0.05) is 34.1 Å². The molecule has 3 nitrogen and oxygen atoms in total. The summed E-state index contributed by atoms with van der Waals surface area (Å²) >= 11 is 3.42. The van der Waals surface area contributed by atoms with Gasteiger partial charge < -0.3 is 4.74 Å². The first-order valence-corrected chi connectivity index (χ1v) is 7.36. The van der Waals surface area contributed by atoms with E-state index < -0.39 is 0 Å². The Balaban J connectivity index is 2.54. The Morgan fingerprint density at radius 1 is 1.32 bits per heavy atom. The Morgan fingerprint density at radius 2 is 2.00 bits per heavy atom. The maximum absolute atomic E-state index is 12.2. The summed E-state index contributed by atoms with van der Waals surface area (Å²) in [5, 5.41) is 0. The minimum atomic E-state index is 0.176. The quantitative estimate of drug-likeness (QED) is 0.685. The highest BCUT2D eigenvalue weighted by Gasteiger charge is 2.14. The SMILES string of the molecule is COCCN(CCC(=O)c1ccccc1Br)C(C)C. The molecule has 0 atom stereocenters. The highest BCUT2D eigenvalue weighted by molar-refractivity contribution is 9.10. The van der Waals surface area contributed by atoms with Crippen molar-refractivity contribution in [2.24, 2.45) is 0 Å². The molecule has 1 aromatic rings. The number of ether oxygens (including phenoxy) is 1. The van der Waals surface area contributed by atoms with Crippen molar-refractivity contribution in [1.82, 2.24) is 4.90 Å². The average Bonchev–Trinajstić information content (AvgIpc) is 2.38. The molecule has 0 saturated carbocycles. The normalized spacial score (nSPS) is 11.3. The van der Waals surface area contributed by atoms with Gasteiger partial charge in [0.1, 0.15) is 0 Å². The summed E-state index contributed by atoms with van der Waals surface area (Å²) < 4.78 is 5.97. The molecular weight excluding hydrogens is 306 g/mol. The van der Waals surface area contributed by atoms with E-state index in [4.69, 9.17) is 4.74 Å². The van der Waals surface area contributed by atoms with Crippen LogP contribution in [0, 0.1) is 0 Å². The largest absolute Gasteiger partial charge is 0.383 e. The van der Waals surface area contributed by atoms with Crippen LogP contribution >= 0.6 is 15.9 Å². The first-order valence-electron chi connectivity index (χ1n) is 6.57. The van der Waals surface area contributed by atoms with Crippen molar-refractivity contribution in [3.05, 3.63) is 34.3 Å². The number of ketones is 1. The lowest BCUT2D eigenvalue weighted by Gasteiger charge is -2.25. The lowest BCUT2D eigenvalue weighted by molar-refractivity contribution is 0.0927. The minimum absolute atomic E-state index is 0.176. The number of carbonyl (C=O) groups is 1. The van der Waals surface area contributed by atoms with Gasteiger partial charge in [0.05, 0.1) is 6.61 Å². The predicted molar refractivity (Wildman–Crippen MR) is 81.7 cm³/mol. The molecule has 0 saturated heterocycles. The molecule has 0 aliphatic rings. The second kappa shape index (κ2) is 8.46. The van der Waals surface area contributed by atoms with Gasteiger partial charge in [0.2, 0.25) is 0 Å². The van der Waals surface area contributed by atoms with E-state index in [1.54, 1.807) is 7.11 Å². The van der Waals surface area contributed by atoms with Crippen LogP contribution in [0.1, 0.15) is 30.6 Å². The second-order valence-electron chi connectivity index (χ2n) is 4.78. The standard InChI is InChI=1S/C15H22BrNO2/c1-12(2)17(10-11-19-3)9-8-15(18)13-6-4-5-7-14(13)16/h4-7,12H,8-11H2,1-3H3. The van der Waals surface area contributed by atoms with Crippen LogP contribution in [0.15, 0.2) is 28.7 Å². The van der Waals surface area contributed by atoms with Crippen LogP contribution in [0.5, 0.6) is 0 Å². The Kier molecular flexibility index (Phi) is 7.28. The molecule has 0 bridgehead atoms. The van der Waals surface area contributed by atoms with Gasteiger partial charge >= 0.3 is 0 Å². The van der Waals surface area contributed by atoms with Gasteiger partial charge in [0.15, 0.2) is 5.78 Å². The van der Waals surface area contributed by atoms with Gasteiger partial charge in [-0.3, -0.25) is 9.69 Å². The number of benzene rings is 1. The lowest BCUT2D eigenvalue weighted by Crippen LogP contribution is -2.35. The monoisotopic (exact) mass is 327 g/mol. The van der Waals surface area contributed by atoms with E-state index in [1.165, 1.54) is 0 Å². The molecule has 0 N–H and O–H groups in total. The van der Waals surface area contributed by atoms with E-state index in [-0.39, 0.29) is 5.78 Å². The highest BCUT2D eigenvalue weighted by atomic mass is 79.9. The van der Waals surface area contributed by atoms with E-state index in [1.807, 2.05) is 24.3 Å². The van der Waals surface area contributed by atoms with Crippen LogP contribution in [0.2, 0.25) is 0 Å². The van der Waals surface area contributed by atoms with Crippen molar-refractivity contribution in [3.63, 3.8) is 0 Å². The summed E-state index contributed by atoms with van der Waals surface area (Å²) in [5.74, 6) is 0.176.